The third-order valence-corrected chi connectivity index (χ3v) is 4.35. The number of carbonyl (C=O) groups is 1. The lowest BCUT2D eigenvalue weighted by atomic mass is 10.1. The third kappa shape index (κ3) is 3.65. The van der Waals surface area contributed by atoms with E-state index < -0.39 is 5.79 Å². The van der Waals surface area contributed by atoms with Crippen molar-refractivity contribution >= 4 is 23.0 Å². The number of hydrogen-bond donors (Lipinski definition) is 1. The molecule has 0 bridgehead atoms. The standard InChI is InChI=1S/C19H23N3O3/c1-4-9-22-14(2)16(15-7-5-6-8-17(15)22)13-20-21-18(23)12-19(3)24-10-11-25-19/h4-8,13H,1,9-12H2,2-3H3,(H,21,23)/b20-13-. The Labute approximate surface area is 147 Å². The van der Waals surface area contributed by atoms with Gasteiger partial charge in [0.2, 0.25) is 5.91 Å². The Morgan fingerprint density at radius 2 is 2.12 bits per heavy atom. The Bertz CT molecular complexity index is 817. The summed E-state index contributed by atoms with van der Waals surface area (Å²) in [5.41, 5.74) is 5.74. The van der Waals surface area contributed by atoms with Crippen LogP contribution in [-0.4, -0.2) is 35.7 Å². The molecule has 0 aliphatic carbocycles. The van der Waals surface area contributed by atoms with E-state index in [0.29, 0.717) is 13.2 Å². The van der Waals surface area contributed by atoms with E-state index in [2.05, 4.69) is 27.7 Å². The predicted octanol–water partition coefficient (Wildman–Crippen LogP) is 2.74. The molecule has 1 amide bonds. The number of allylic oxidation sites excluding steroid dienone is 1. The van der Waals surface area contributed by atoms with E-state index in [-0.39, 0.29) is 12.3 Å². The lowest BCUT2D eigenvalue weighted by molar-refractivity contribution is -0.159. The van der Waals surface area contributed by atoms with Crippen LogP contribution in [0.15, 0.2) is 42.0 Å². The van der Waals surface area contributed by atoms with E-state index >= 15 is 0 Å². The van der Waals surface area contributed by atoms with Crippen LogP contribution < -0.4 is 5.43 Å². The van der Waals surface area contributed by atoms with Crippen LogP contribution >= 0.6 is 0 Å². The summed E-state index contributed by atoms with van der Waals surface area (Å²) in [7, 11) is 0. The lowest BCUT2D eigenvalue weighted by Crippen LogP contribution is -2.33. The van der Waals surface area contributed by atoms with Crippen molar-refractivity contribution in [3.63, 3.8) is 0 Å². The van der Waals surface area contributed by atoms with Gasteiger partial charge in [0.15, 0.2) is 5.79 Å². The average molecular weight is 341 g/mol. The molecule has 1 saturated heterocycles. The molecule has 3 rings (SSSR count). The molecule has 1 aromatic heterocycles. The number of hydrazone groups is 1. The van der Waals surface area contributed by atoms with Crippen LogP contribution in [0.3, 0.4) is 0 Å². The molecule has 2 aromatic rings. The summed E-state index contributed by atoms with van der Waals surface area (Å²) in [6.45, 7) is 9.35. The molecule has 6 heteroatoms. The van der Waals surface area contributed by atoms with E-state index in [1.165, 1.54) is 0 Å². The van der Waals surface area contributed by atoms with Crippen LogP contribution in [0.1, 0.15) is 24.6 Å². The minimum absolute atomic E-state index is 0.113. The zero-order valence-corrected chi connectivity index (χ0v) is 14.6. The number of hydrogen-bond acceptors (Lipinski definition) is 4. The highest BCUT2D eigenvalue weighted by molar-refractivity contribution is 6.01. The summed E-state index contributed by atoms with van der Waals surface area (Å²) in [5.74, 6) is -1.09. The first-order valence-corrected chi connectivity index (χ1v) is 8.32. The number of nitrogens with zero attached hydrogens (tertiary/aromatic N) is 2. The van der Waals surface area contributed by atoms with Gasteiger partial charge in [-0.2, -0.15) is 5.10 Å². The van der Waals surface area contributed by atoms with Gasteiger partial charge in [0.25, 0.3) is 0 Å². The van der Waals surface area contributed by atoms with Crippen molar-refractivity contribution in [3.8, 4) is 0 Å². The second kappa shape index (κ2) is 7.21. The van der Waals surface area contributed by atoms with Gasteiger partial charge in [-0.1, -0.05) is 24.3 Å². The molecule has 0 radical (unpaired) electrons. The topological polar surface area (TPSA) is 64.9 Å². The molecule has 0 saturated carbocycles. The summed E-state index contributed by atoms with van der Waals surface area (Å²) in [4.78, 5) is 12.0. The van der Waals surface area contributed by atoms with Crippen LogP contribution in [0, 0.1) is 6.92 Å². The number of aromatic nitrogens is 1. The van der Waals surface area contributed by atoms with Gasteiger partial charge in [0.05, 0.1) is 25.8 Å². The fourth-order valence-electron chi connectivity index (χ4n) is 3.14. The van der Waals surface area contributed by atoms with Crippen molar-refractivity contribution < 1.29 is 14.3 Å². The smallest absolute Gasteiger partial charge is 0.245 e. The van der Waals surface area contributed by atoms with E-state index in [1.54, 1.807) is 13.1 Å². The monoisotopic (exact) mass is 341 g/mol. The van der Waals surface area contributed by atoms with Gasteiger partial charge in [0.1, 0.15) is 0 Å². The fourth-order valence-corrected chi connectivity index (χ4v) is 3.14. The molecule has 2 heterocycles. The molecule has 132 valence electrons. The molecule has 1 aromatic carbocycles. The normalized spacial score (nSPS) is 16.6. The Hall–Kier alpha value is -2.44. The number of nitrogens with one attached hydrogen (secondary N) is 1. The second-order valence-electron chi connectivity index (χ2n) is 6.22. The number of benzene rings is 1. The van der Waals surface area contributed by atoms with Gasteiger partial charge in [-0.25, -0.2) is 5.43 Å². The van der Waals surface area contributed by atoms with Crippen LogP contribution in [0.4, 0.5) is 0 Å². The summed E-state index contributed by atoms with van der Waals surface area (Å²) in [6.07, 6.45) is 3.67. The largest absolute Gasteiger partial charge is 0.347 e. The number of fused-ring (bicyclic) bond motifs is 1. The van der Waals surface area contributed by atoms with Crippen LogP contribution in [0.25, 0.3) is 10.9 Å². The first kappa shape index (κ1) is 17.4. The molecule has 25 heavy (non-hydrogen) atoms. The number of ether oxygens (including phenoxy) is 2. The van der Waals surface area contributed by atoms with E-state index in [9.17, 15) is 4.79 Å². The van der Waals surface area contributed by atoms with E-state index in [0.717, 1.165) is 28.7 Å². The summed E-state index contributed by atoms with van der Waals surface area (Å²) in [6, 6.07) is 8.11. The van der Waals surface area contributed by atoms with Gasteiger partial charge in [-0.05, 0) is 19.9 Å². The maximum atomic E-state index is 12.0. The average Bonchev–Trinajstić information content (AvgIpc) is 3.12. The Kier molecular flexibility index (Phi) is 5.01. The van der Waals surface area contributed by atoms with Crippen LogP contribution in [-0.2, 0) is 20.8 Å². The summed E-state index contributed by atoms with van der Waals surface area (Å²) >= 11 is 0. The number of carbonyl (C=O) groups excluding carboxylic acids is 1. The fraction of sp³-hybridized carbons (Fsp3) is 0.368. The van der Waals surface area contributed by atoms with Crippen molar-refractivity contribution in [1.29, 1.82) is 0 Å². The van der Waals surface area contributed by atoms with Gasteiger partial charge in [-0.15, -0.1) is 6.58 Å². The van der Waals surface area contributed by atoms with Gasteiger partial charge < -0.3 is 14.0 Å². The molecule has 6 nitrogen and oxygen atoms in total. The van der Waals surface area contributed by atoms with Crippen LogP contribution in [0.5, 0.6) is 0 Å². The zero-order chi connectivity index (χ0) is 17.9. The molecule has 1 fully saturated rings. The zero-order valence-electron chi connectivity index (χ0n) is 14.6. The summed E-state index contributed by atoms with van der Waals surface area (Å²) < 4.78 is 13.0. The highest BCUT2D eigenvalue weighted by Gasteiger charge is 2.33. The molecular formula is C19H23N3O3. The molecule has 1 aliphatic heterocycles. The molecule has 0 unspecified atom stereocenters. The number of amides is 1. The van der Waals surface area contributed by atoms with Crippen molar-refractivity contribution in [1.82, 2.24) is 9.99 Å². The third-order valence-electron chi connectivity index (χ3n) is 4.35. The quantitative estimate of drug-likeness (QED) is 0.499. The first-order valence-electron chi connectivity index (χ1n) is 8.32. The lowest BCUT2D eigenvalue weighted by Gasteiger charge is -2.20. The van der Waals surface area contributed by atoms with Crippen molar-refractivity contribution in [2.45, 2.75) is 32.6 Å². The molecule has 0 spiro atoms. The number of rotatable bonds is 6. The van der Waals surface area contributed by atoms with E-state index in [4.69, 9.17) is 9.47 Å². The van der Waals surface area contributed by atoms with Gasteiger partial charge in [-0.3, -0.25) is 4.79 Å². The summed E-state index contributed by atoms with van der Waals surface area (Å²) in [5, 5.41) is 5.22. The maximum Gasteiger partial charge on any atom is 0.245 e. The van der Waals surface area contributed by atoms with Crippen molar-refractivity contribution in [2.24, 2.45) is 5.10 Å². The van der Waals surface area contributed by atoms with Crippen LogP contribution in [0.2, 0.25) is 0 Å². The Balaban J connectivity index is 1.76. The first-order chi connectivity index (χ1) is 12.0. The van der Waals surface area contributed by atoms with Crippen molar-refractivity contribution in [2.75, 3.05) is 13.2 Å². The van der Waals surface area contributed by atoms with Crippen molar-refractivity contribution in [3.05, 3.63) is 48.2 Å². The molecular weight excluding hydrogens is 318 g/mol. The number of para-hydroxylation sites is 1. The molecule has 0 atom stereocenters. The Morgan fingerprint density at radius 3 is 2.84 bits per heavy atom. The molecule has 1 N–H and O–H groups in total. The second-order valence-corrected chi connectivity index (χ2v) is 6.22. The molecule has 1 aliphatic rings. The SMILES string of the molecule is C=CCn1c(C)c(/C=N\NC(=O)CC2(C)OCCO2)c2ccccc21. The Morgan fingerprint density at radius 1 is 1.40 bits per heavy atom. The maximum absolute atomic E-state index is 12.0. The minimum atomic E-state index is -0.852. The van der Waals surface area contributed by atoms with Gasteiger partial charge in [0, 0.05) is 28.7 Å². The highest BCUT2D eigenvalue weighted by Crippen LogP contribution is 2.25. The minimum Gasteiger partial charge on any atom is -0.347 e. The predicted molar refractivity (Wildman–Crippen MR) is 97.5 cm³/mol. The highest BCUT2D eigenvalue weighted by atomic mass is 16.7. The van der Waals surface area contributed by atoms with E-state index in [1.807, 2.05) is 31.2 Å². The van der Waals surface area contributed by atoms with Gasteiger partial charge >= 0.3 is 0 Å².